The summed E-state index contributed by atoms with van der Waals surface area (Å²) >= 11 is 0. The standard InChI is InChI=1S/C26H30N4O2/c1-19-18-20(2)30(27-19)23-12-10-21(11-13-23)24(31)28-14-16-29(17-15-28)25(32)26(3,4)22-8-6-5-7-9-22/h5-13,18H,14-17H2,1-4H3. The Labute approximate surface area is 189 Å². The van der Waals surface area contributed by atoms with E-state index < -0.39 is 5.41 Å². The highest BCUT2D eigenvalue weighted by Gasteiger charge is 2.35. The molecule has 0 bridgehead atoms. The zero-order valence-electron chi connectivity index (χ0n) is 19.2. The number of benzene rings is 2. The van der Waals surface area contributed by atoms with Crippen LogP contribution in [0.5, 0.6) is 0 Å². The third-order valence-electron chi connectivity index (χ3n) is 6.25. The Morgan fingerprint density at radius 2 is 1.44 bits per heavy atom. The maximum absolute atomic E-state index is 13.2. The van der Waals surface area contributed by atoms with Crippen LogP contribution in [0.1, 0.15) is 41.2 Å². The second-order valence-electron chi connectivity index (χ2n) is 8.96. The van der Waals surface area contributed by atoms with Crippen molar-refractivity contribution >= 4 is 11.8 Å². The monoisotopic (exact) mass is 430 g/mol. The van der Waals surface area contributed by atoms with Crippen LogP contribution in [0.15, 0.2) is 60.7 Å². The molecule has 1 aromatic heterocycles. The minimum atomic E-state index is -0.591. The van der Waals surface area contributed by atoms with E-state index in [1.807, 2.05) is 103 Å². The van der Waals surface area contributed by atoms with Gasteiger partial charge >= 0.3 is 0 Å². The van der Waals surface area contributed by atoms with Crippen LogP contribution in [0, 0.1) is 13.8 Å². The summed E-state index contributed by atoms with van der Waals surface area (Å²) in [4.78, 5) is 29.9. The molecule has 2 aromatic carbocycles. The van der Waals surface area contributed by atoms with Crippen molar-refractivity contribution in [2.75, 3.05) is 26.2 Å². The molecule has 6 heteroatoms. The third-order valence-corrected chi connectivity index (χ3v) is 6.25. The van der Waals surface area contributed by atoms with Gasteiger partial charge < -0.3 is 9.80 Å². The number of carbonyl (C=O) groups excluding carboxylic acids is 2. The van der Waals surface area contributed by atoms with Crippen molar-refractivity contribution < 1.29 is 9.59 Å². The van der Waals surface area contributed by atoms with Crippen molar-refractivity contribution in [3.63, 3.8) is 0 Å². The Kier molecular flexibility index (Phi) is 5.87. The van der Waals surface area contributed by atoms with Crippen LogP contribution in [-0.4, -0.2) is 57.6 Å². The highest BCUT2D eigenvalue weighted by molar-refractivity contribution is 5.94. The lowest BCUT2D eigenvalue weighted by Gasteiger charge is -2.38. The lowest BCUT2D eigenvalue weighted by atomic mass is 9.83. The molecule has 1 aliphatic rings. The molecule has 0 saturated carbocycles. The number of aromatic nitrogens is 2. The van der Waals surface area contributed by atoms with E-state index in [2.05, 4.69) is 5.10 Å². The van der Waals surface area contributed by atoms with Crippen LogP contribution >= 0.6 is 0 Å². The molecule has 166 valence electrons. The number of aryl methyl sites for hydroxylation is 2. The SMILES string of the molecule is Cc1cc(C)n(-c2ccc(C(=O)N3CCN(C(=O)C(C)(C)c4ccccc4)CC3)cc2)n1. The van der Waals surface area contributed by atoms with Crippen molar-refractivity contribution in [2.24, 2.45) is 0 Å². The molecular formula is C26H30N4O2. The number of piperazine rings is 1. The van der Waals surface area contributed by atoms with Crippen molar-refractivity contribution in [1.29, 1.82) is 0 Å². The second kappa shape index (κ2) is 8.61. The molecule has 2 amide bonds. The molecule has 1 saturated heterocycles. The second-order valence-corrected chi connectivity index (χ2v) is 8.96. The van der Waals surface area contributed by atoms with Crippen molar-refractivity contribution in [3.05, 3.63) is 83.2 Å². The van der Waals surface area contributed by atoms with E-state index >= 15 is 0 Å². The molecule has 0 atom stereocenters. The predicted molar refractivity (Wildman–Crippen MR) is 125 cm³/mol. The van der Waals surface area contributed by atoms with Crippen molar-refractivity contribution in [2.45, 2.75) is 33.1 Å². The molecule has 32 heavy (non-hydrogen) atoms. The predicted octanol–water partition coefficient (Wildman–Crippen LogP) is 3.75. The smallest absolute Gasteiger partial charge is 0.253 e. The largest absolute Gasteiger partial charge is 0.338 e. The first kappa shape index (κ1) is 21.8. The summed E-state index contributed by atoms with van der Waals surface area (Å²) in [6.45, 7) is 10.1. The summed E-state index contributed by atoms with van der Waals surface area (Å²) in [5.74, 6) is 0.101. The molecule has 0 aliphatic carbocycles. The fourth-order valence-corrected chi connectivity index (χ4v) is 4.30. The topological polar surface area (TPSA) is 58.4 Å². The van der Waals surface area contributed by atoms with Gasteiger partial charge in [-0.25, -0.2) is 4.68 Å². The maximum atomic E-state index is 13.2. The number of nitrogens with zero attached hydrogens (tertiary/aromatic N) is 4. The number of rotatable bonds is 4. The van der Waals surface area contributed by atoms with Gasteiger partial charge in [-0.05, 0) is 63.6 Å². The quantitative estimate of drug-likeness (QED) is 0.633. The van der Waals surface area contributed by atoms with Crippen LogP contribution in [0.4, 0.5) is 0 Å². The summed E-state index contributed by atoms with van der Waals surface area (Å²) in [6.07, 6.45) is 0. The number of hydrogen-bond donors (Lipinski definition) is 0. The van der Waals surface area contributed by atoms with E-state index in [1.165, 1.54) is 0 Å². The molecule has 1 aliphatic heterocycles. The van der Waals surface area contributed by atoms with Crippen LogP contribution in [0.3, 0.4) is 0 Å². The highest BCUT2D eigenvalue weighted by atomic mass is 16.2. The third kappa shape index (κ3) is 4.17. The molecule has 0 spiro atoms. The maximum Gasteiger partial charge on any atom is 0.253 e. The fraction of sp³-hybridized carbons (Fsp3) is 0.346. The number of carbonyl (C=O) groups is 2. The van der Waals surface area contributed by atoms with Crippen molar-refractivity contribution in [1.82, 2.24) is 19.6 Å². The first-order chi connectivity index (χ1) is 15.3. The van der Waals surface area contributed by atoms with Crippen LogP contribution < -0.4 is 0 Å². The fourth-order valence-electron chi connectivity index (χ4n) is 4.30. The first-order valence-electron chi connectivity index (χ1n) is 11.1. The van der Waals surface area contributed by atoms with E-state index in [0.29, 0.717) is 31.7 Å². The number of amides is 2. The average Bonchev–Trinajstić information content (AvgIpc) is 3.16. The van der Waals surface area contributed by atoms with Crippen LogP contribution in [0.2, 0.25) is 0 Å². The Morgan fingerprint density at radius 1 is 0.844 bits per heavy atom. The molecule has 2 heterocycles. The Morgan fingerprint density at radius 3 is 2.00 bits per heavy atom. The zero-order chi connectivity index (χ0) is 22.9. The molecule has 1 fully saturated rings. The molecule has 4 rings (SSSR count). The zero-order valence-corrected chi connectivity index (χ0v) is 19.2. The summed E-state index contributed by atoms with van der Waals surface area (Å²) in [5, 5.41) is 4.50. The van der Waals surface area contributed by atoms with E-state index in [0.717, 1.165) is 22.6 Å². The first-order valence-corrected chi connectivity index (χ1v) is 11.1. The van der Waals surface area contributed by atoms with Gasteiger partial charge in [0.25, 0.3) is 5.91 Å². The minimum absolute atomic E-state index is 0.000614. The number of hydrogen-bond acceptors (Lipinski definition) is 3. The van der Waals surface area contributed by atoms with E-state index in [9.17, 15) is 9.59 Å². The van der Waals surface area contributed by atoms with Gasteiger partial charge in [0, 0.05) is 37.4 Å². The van der Waals surface area contributed by atoms with Gasteiger partial charge in [-0.3, -0.25) is 9.59 Å². The molecule has 0 unspecified atom stereocenters. The van der Waals surface area contributed by atoms with Crippen LogP contribution in [0.25, 0.3) is 5.69 Å². The van der Waals surface area contributed by atoms with Crippen LogP contribution in [-0.2, 0) is 10.2 Å². The molecule has 3 aromatic rings. The Hall–Kier alpha value is -3.41. The van der Waals surface area contributed by atoms with Gasteiger partial charge in [0.05, 0.1) is 16.8 Å². The molecular weight excluding hydrogens is 400 g/mol. The van der Waals surface area contributed by atoms with Gasteiger partial charge in [0.2, 0.25) is 5.91 Å². The van der Waals surface area contributed by atoms with E-state index in [1.54, 1.807) is 0 Å². The summed E-state index contributed by atoms with van der Waals surface area (Å²) in [7, 11) is 0. The summed E-state index contributed by atoms with van der Waals surface area (Å²) < 4.78 is 1.88. The van der Waals surface area contributed by atoms with Gasteiger partial charge in [-0.1, -0.05) is 30.3 Å². The molecule has 0 N–H and O–H groups in total. The van der Waals surface area contributed by atoms with Gasteiger partial charge in [0.15, 0.2) is 0 Å². The minimum Gasteiger partial charge on any atom is -0.338 e. The van der Waals surface area contributed by atoms with E-state index in [4.69, 9.17) is 0 Å². The van der Waals surface area contributed by atoms with Gasteiger partial charge in [-0.15, -0.1) is 0 Å². The Bertz CT molecular complexity index is 1110. The van der Waals surface area contributed by atoms with E-state index in [-0.39, 0.29) is 11.8 Å². The highest BCUT2D eigenvalue weighted by Crippen LogP contribution is 2.26. The molecule has 6 nitrogen and oxygen atoms in total. The lowest BCUT2D eigenvalue weighted by Crippen LogP contribution is -2.54. The average molecular weight is 431 g/mol. The summed E-state index contributed by atoms with van der Waals surface area (Å²) in [5.41, 5.74) is 4.02. The van der Waals surface area contributed by atoms with Gasteiger partial charge in [-0.2, -0.15) is 5.10 Å². The Balaban J connectivity index is 1.39. The molecule has 0 radical (unpaired) electrons. The summed E-state index contributed by atoms with van der Waals surface area (Å²) in [6, 6.07) is 19.4. The van der Waals surface area contributed by atoms with Crippen molar-refractivity contribution in [3.8, 4) is 5.69 Å². The normalized spacial score (nSPS) is 14.5. The van der Waals surface area contributed by atoms with Gasteiger partial charge in [0.1, 0.15) is 0 Å². The lowest BCUT2D eigenvalue weighted by molar-refractivity contribution is -0.137.